The summed E-state index contributed by atoms with van der Waals surface area (Å²) in [4.78, 5) is 35.4. The van der Waals surface area contributed by atoms with Crippen LogP contribution in [0, 0.1) is 10.1 Å². The van der Waals surface area contributed by atoms with Crippen molar-refractivity contribution in [2.24, 2.45) is 0 Å². The van der Waals surface area contributed by atoms with E-state index in [0.29, 0.717) is 0 Å². The minimum Gasteiger partial charge on any atom is -0.487 e. The standard InChI is InChI=1S/C15H20N2O6/c1-4-22-13-7-6-11(10-12(13)17(20)21)15(19)16(3)9-8-14(18)23-5-2/h6-7,10H,4-5,8-9H2,1-3H3. The van der Waals surface area contributed by atoms with Gasteiger partial charge in [0.25, 0.3) is 5.91 Å². The van der Waals surface area contributed by atoms with E-state index < -0.39 is 16.8 Å². The molecule has 1 amide bonds. The van der Waals surface area contributed by atoms with Crippen LogP contribution in [0.15, 0.2) is 18.2 Å². The Morgan fingerprint density at radius 1 is 1.26 bits per heavy atom. The SMILES string of the molecule is CCOC(=O)CCN(C)C(=O)c1ccc(OCC)c([N+](=O)[O-])c1. The first kappa shape index (κ1) is 18.4. The highest BCUT2D eigenvalue weighted by Crippen LogP contribution is 2.28. The molecule has 0 bridgehead atoms. The summed E-state index contributed by atoms with van der Waals surface area (Å²) in [5, 5.41) is 11.1. The van der Waals surface area contributed by atoms with E-state index in [2.05, 4.69) is 0 Å². The van der Waals surface area contributed by atoms with Crippen LogP contribution in [0.3, 0.4) is 0 Å². The molecule has 126 valence electrons. The molecular weight excluding hydrogens is 304 g/mol. The third-order valence-corrected chi connectivity index (χ3v) is 3.01. The van der Waals surface area contributed by atoms with Crippen LogP contribution in [-0.2, 0) is 9.53 Å². The number of esters is 1. The van der Waals surface area contributed by atoms with E-state index in [1.165, 1.54) is 30.1 Å². The summed E-state index contributed by atoms with van der Waals surface area (Å²) in [6, 6.07) is 4.03. The molecule has 0 fully saturated rings. The van der Waals surface area contributed by atoms with E-state index in [-0.39, 0.29) is 43.2 Å². The summed E-state index contributed by atoms with van der Waals surface area (Å²) >= 11 is 0. The predicted octanol–water partition coefficient (Wildman–Crippen LogP) is 2.02. The Morgan fingerprint density at radius 3 is 2.52 bits per heavy atom. The third-order valence-electron chi connectivity index (χ3n) is 3.01. The number of nitrogens with zero attached hydrogens (tertiary/aromatic N) is 2. The molecule has 0 heterocycles. The molecule has 0 saturated carbocycles. The Labute approximate surface area is 134 Å². The number of ether oxygens (including phenoxy) is 2. The Kier molecular flexibility index (Phi) is 6.98. The van der Waals surface area contributed by atoms with Crippen LogP contribution < -0.4 is 4.74 Å². The van der Waals surface area contributed by atoms with Gasteiger partial charge < -0.3 is 14.4 Å². The van der Waals surface area contributed by atoms with Crippen LogP contribution in [-0.4, -0.2) is 48.5 Å². The molecule has 8 nitrogen and oxygen atoms in total. The van der Waals surface area contributed by atoms with Crippen molar-refractivity contribution in [2.75, 3.05) is 26.8 Å². The number of hydrogen-bond acceptors (Lipinski definition) is 6. The van der Waals surface area contributed by atoms with E-state index in [4.69, 9.17) is 9.47 Å². The average Bonchev–Trinajstić information content (AvgIpc) is 2.52. The Balaban J connectivity index is 2.84. The number of carbonyl (C=O) groups excluding carboxylic acids is 2. The minimum absolute atomic E-state index is 0.0647. The number of amides is 1. The van der Waals surface area contributed by atoms with E-state index in [0.717, 1.165) is 0 Å². The summed E-state index contributed by atoms with van der Waals surface area (Å²) in [5.74, 6) is -0.700. The van der Waals surface area contributed by atoms with Crippen LogP contribution in [0.5, 0.6) is 5.75 Å². The minimum atomic E-state index is -0.597. The summed E-state index contributed by atoms with van der Waals surface area (Å²) in [7, 11) is 1.52. The zero-order valence-electron chi connectivity index (χ0n) is 13.4. The van der Waals surface area contributed by atoms with Gasteiger partial charge in [-0.25, -0.2) is 0 Å². The summed E-state index contributed by atoms with van der Waals surface area (Å²) in [5.41, 5.74) is -0.108. The van der Waals surface area contributed by atoms with Gasteiger partial charge in [0.1, 0.15) is 0 Å². The first-order chi connectivity index (χ1) is 10.9. The molecule has 1 aromatic rings. The summed E-state index contributed by atoms with van der Waals surface area (Å²) < 4.78 is 9.96. The molecule has 0 aliphatic heterocycles. The lowest BCUT2D eigenvalue weighted by molar-refractivity contribution is -0.385. The molecule has 23 heavy (non-hydrogen) atoms. The molecular formula is C15H20N2O6. The zero-order valence-corrected chi connectivity index (χ0v) is 13.4. The number of benzene rings is 1. The van der Waals surface area contributed by atoms with Crippen molar-refractivity contribution in [1.82, 2.24) is 4.90 Å². The fourth-order valence-corrected chi connectivity index (χ4v) is 1.88. The van der Waals surface area contributed by atoms with Crippen molar-refractivity contribution < 1.29 is 24.0 Å². The molecule has 0 aliphatic rings. The first-order valence-corrected chi connectivity index (χ1v) is 7.23. The predicted molar refractivity (Wildman–Crippen MR) is 82.5 cm³/mol. The maximum Gasteiger partial charge on any atom is 0.311 e. The molecule has 0 aliphatic carbocycles. The van der Waals surface area contributed by atoms with Crippen molar-refractivity contribution in [3.8, 4) is 5.75 Å². The summed E-state index contributed by atoms with van der Waals surface area (Å²) in [6.45, 7) is 4.14. The molecule has 0 atom stereocenters. The van der Waals surface area contributed by atoms with Crippen LogP contribution in [0.25, 0.3) is 0 Å². The normalized spacial score (nSPS) is 10.0. The number of carbonyl (C=O) groups is 2. The van der Waals surface area contributed by atoms with Gasteiger partial charge in [0.2, 0.25) is 0 Å². The van der Waals surface area contributed by atoms with Crippen LogP contribution >= 0.6 is 0 Å². The number of nitro benzene ring substituents is 1. The second-order valence-corrected chi connectivity index (χ2v) is 4.65. The van der Waals surface area contributed by atoms with E-state index in [1.807, 2.05) is 0 Å². The monoisotopic (exact) mass is 324 g/mol. The van der Waals surface area contributed by atoms with Gasteiger partial charge in [-0.05, 0) is 26.0 Å². The highest BCUT2D eigenvalue weighted by molar-refractivity contribution is 5.95. The van der Waals surface area contributed by atoms with Gasteiger partial charge in [-0.15, -0.1) is 0 Å². The van der Waals surface area contributed by atoms with Gasteiger partial charge in [-0.2, -0.15) is 0 Å². The van der Waals surface area contributed by atoms with Gasteiger partial charge in [0, 0.05) is 25.2 Å². The Morgan fingerprint density at radius 2 is 1.96 bits per heavy atom. The molecule has 1 rings (SSSR count). The summed E-state index contributed by atoms with van der Waals surface area (Å²) in [6.07, 6.45) is 0.0647. The topological polar surface area (TPSA) is 99.0 Å². The van der Waals surface area contributed by atoms with Gasteiger partial charge in [0.05, 0.1) is 24.6 Å². The lowest BCUT2D eigenvalue weighted by Crippen LogP contribution is -2.29. The van der Waals surface area contributed by atoms with Crippen molar-refractivity contribution in [3.05, 3.63) is 33.9 Å². The molecule has 0 radical (unpaired) electrons. The lowest BCUT2D eigenvalue weighted by atomic mass is 10.1. The quantitative estimate of drug-likeness (QED) is 0.412. The second-order valence-electron chi connectivity index (χ2n) is 4.65. The maximum atomic E-state index is 12.3. The molecule has 0 spiro atoms. The molecule has 8 heteroatoms. The first-order valence-electron chi connectivity index (χ1n) is 7.23. The molecule has 1 aromatic carbocycles. The number of rotatable bonds is 8. The van der Waals surface area contributed by atoms with Crippen LogP contribution in [0.1, 0.15) is 30.6 Å². The van der Waals surface area contributed by atoms with Crippen molar-refractivity contribution in [1.29, 1.82) is 0 Å². The van der Waals surface area contributed by atoms with Crippen LogP contribution in [0.2, 0.25) is 0 Å². The Hall–Kier alpha value is -2.64. The van der Waals surface area contributed by atoms with Crippen molar-refractivity contribution >= 4 is 17.6 Å². The van der Waals surface area contributed by atoms with Crippen molar-refractivity contribution in [2.45, 2.75) is 20.3 Å². The molecule has 0 saturated heterocycles. The lowest BCUT2D eigenvalue weighted by Gasteiger charge is -2.17. The van der Waals surface area contributed by atoms with E-state index >= 15 is 0 Å². The fourth-order valence-electron chi connectivity index (χ4n) is 1.88. The highest BCUT2D eigenvalue weighted by Gasteiger charge is 2.20. The molecule has 0 N–H and O–H groups in total. The van der Waals surface area contributed by atoms with Crippen molar-refractivity contribution in [3.63, 3.8) is 0 Å². The number of hydrogen-bond donors (Lipinski definition) is 0. The highest BCUT2D eigenvalue weighted by atomic mass is 16.6. The number of nitro groups is 1. The maximum absolute atomic E-state index is 12.3. The zero-order chi connectivity index (χ0) is 17.4. The molecule has 0 aromatic heterocycles. The van der Waals surface area contributed by atoms with Gasteiger partial charge in [0.15, 0.2) is 5.75 Å². The fraction of sp³-hybridized carbons (Fsp3) is 0.467. The van der Waals surface area contributed by atoms with E-state index in [9.17, 15) is 19.7 Å². The molecule has 0 unspecified atom stereocenters. The Bertz CT molecular complexity index is 587. The van der Waals surface area contributed by atoms with Gasteiger partial charge in [-0.3, -0.25) is 19.7 Å². The van der Waals surface area contributed by atoms with E-state index in [1.54, 1.807) is 13.8 Å². The second kappa shape index (κ2) is 8.72. The average molecular weight is 324 g/mol. The third kappa shape index (κ3) is 5.24. The van der Waals surface area contributed by atoms with Gasteiger partial charge >= 0.3 is 11.7 Å². The smallest absolute Gasteiger partial charge is 0.311 e. The van der Waals surface area contributed by atoms with Gasteiger partial charge in [-0.1, -0.05) is 0 Å². The van der Waals surface area contributed by atoms with Crippen LogP contribution in [0.4, 0.5) is 5.69 Å². The largest absolute Gasteiger partial charge is 0.487 e.